The third-order valence-electron chi connectivity index (χ3n) is 5.34. The number of benzene rings is 1. The number of aryl methyl sites for hydroxylation is 1. The van der Waals surface area contributed by atoms with Crippen molar-refractivity contribution in [3.63, 3.8) is 0 Å². The molecule has 0 spiro atoms. The van der Waals surface area contributed by atoms with E-state index in [0.717, 1.165) is 68.5 Å². The van der Waals surface area contributed by atoms with Crippen LogP contribution in [0, 0.1) is 0 Å². The Morgan fingerprint density at radius 1 is 1.21 bits per heavy atom. The lowest BCUT2D eigenvalue weighted by molar-refractivity contribution is 0.0679. The van der Waals surface area contributed by atoms with E-state index in [1.54, 1.807) is 0 Å². The molecule has 0 aliphatic carbocycles. The van der Waals surface area contributed by atoms with Crippen molar-refractivity contribution in [3.05, 3.63) is 48.4 Å². The van der Waals surface area contributed by atoms with Gasteiger partial charge in [0, 0.05) is 37.8 Å². The predicted molar refractivity (Wildman–Crippen MR) is 106 cm³/mol. The number of aromatic nitrogens is 4. The molecule has 0 unspecified atom stereocenters. The number of ether oxygens (including phenoxy) is 2. The molecular formula is C21H25N5O2. The summed E-state index contributed by atoms with van der Waals surface area (Å²) in [4.78, 5) is 4.56. The Morgan fingerprint density at radius 2 is 2.14 bits per heavy atom. The summed E-state index contributed by atoms with van der Waals surface area (Å²) in [6.45, 7) is 4.30. The fraction of sp³-hybridized carbons (Fsp3) is 0.429. The zero-order valence-corrected chi connectivity index (χ0v) is 15.9. The summed E-state index contributed by atoms with van der Waals surface area (Å²) in [5, 5.41) is 8.22. The summed E-state index contributed by atoms with van der Waals surface area (Å²) in [5.41, 5.74) is 3.15. The van der Waals surface area contributed by atoms with Gasteiger partial charge in [-0.3, -0.25) is 9.25 Å². The fourth-order valence-corrected chi connectivity index (χ4v) is 3.84. The van der Waals surface area contributed by atoms with E-state index >= 15 is 0 Å². The number of hydrogen-bond acceptors (Lipinski definition) is 5. The second-order valence-corrected chi connectivity index (χ2v) is 7.34. The van der Waals surface area contributed by atoms with Crippen LogP contribution in [-0.4, -0.2) is 45.2 Å². The topological polar surface area (TPSA) is 66.1 Å². The van der Waals surface area contributed by atoms with E-state index < -0.39 is 0 Å². The summed E-state index contributed by atoms with van der Waals surface area (Å²) in [5.74, 6) is 1.72. The number of nitrogens with one attached hydrogen (secondary N) is 1. The largest absolute Gasteiger partial charge is 0.491 e. The van der Waals surface area contributed by atoms with Gasteiger partial charge < -0.3 is 14.8 Å². The van der Waals surface area contributed by atoms with E-state index in [-0.39, 0.29) is 6.10 Å². The number of fused-ring (bicyclic) bond motifs is 1. The van der Waals surface area contributed by atoms with E-state index in [9.17, 15) is 0 Å². The molecule has 1 N–H and O–H groups in total. The van der Waals surface area contributed by atoms with E-state index in [1.165, 1.54) is 5.69 Å². The standard InChI is InChI=1S/C21H25N5O2/c1-3-19(27-12-1)15-28-18-6-4-16(5-7-18)25-11-9-23-21(25)20-13-17-14-22-8-2-10-26(17)24-20/h4-7,9,11,13,19,22H,1-3,8,10,12,14-15H2/t19-/m1/s1. The molecule has 1 saturated heterocycles. The highest BCUT2D eigenvalue weighted by molar-refractivity contribution is 5.55. The second kappa shape index (κ2) is 7.77. The molecule has 146 valence electrons. The predicted octanol–water partition coefficient (Wildman–Crippen LogP) is 2.79. The van der Waals surface area contributed by atoms with Gasteiger partial charge in [-0.15, -0.1) is 0 Å². The average Bonchev–Trinajstić information content (AvgIpc) is 3.46. The molecule has 7 heteroatoms. The maximum atomic E-state index is 5.87. The SMILES string of the molecule is c1cn(-c2ccc(OC[C@H]3CCCO3)cc2)c(-c2cc3n(n2)CCCNC3)n1. The van der Waals surface area contributed by atoms with Crippen LogP contribution in [0.15, 0.2) is 42.7 Å². The number of rotatable bonds is 5. The minimum atomic E-state index is 0.227. The molecule has 1 fully saturated rings. The van der Waals surface area contributed by atoms with Crippen LogP contribution in [0.25, 0.3) is 17.2 Å². The van der Waals surface area contributed by atoms with Crippen molar-refractivity contribution >= 4 is 0 Å². The van der Waals surface area contributed by atoms with Crippen molar-refractivity contribution in [1.29, 1.82) is 0 Å². The molecule has 2 aliphatic heterocycles. The van der Waals surface area contributed by atoms with Gasteiger partial charge in [0.25, 0.3) is 0 Å². The van der Waals surface area contributed by atoms with Gasteiger partial charge in [-0.1, -0.05) is 0 Å². The first-order valence-electron chi connectivity index (χ1n) is 10.0. The average molecular weight is 379 g/mol. The summed E-state index contributed by atoms with van der Waals surface area (Å²) in [7, 11) is 0. The van der Waals surface area contributed by atoms with Crippen LogP contribution in [-0.2, 0) is 17.8 Å². The van der Waals surface area contributed by atoms with Crippen LogP contribution in [0.4, 0.5) is 0 Å². The van der Waals surface area contributed by atoms with Crippen molar-refractivity contribution in [1.82, 2.24) is 24.6 Å². The van der Waals surface area contributed by atoms with Crippen LogP contribution in [0.5, 0.6) is 5.75 Å². The third-order valence-corrected chi connectivity index (χ3v) is 5.34. The van der Waals surface area contributed by atoms with Gasteiger partial charge in [0.1, 0.15) is 18.1 Å². The highest BCUT2D eigenvalue weighted by atomic mass is 16.5. The van der Waals surface area contributed by atoms with E-state index in [1.807, 2.05) is 24.5 Å². The smallest absolute Gasteiger partial charge is 0.165 e. The Balaban J connectivity index is 1.34. The first-order valence-corrected chi connectivity index (χ1v) is 10.0. The number of nitrogens with zero attached hydrogens (tertiary/aromatic N) is 4. The Hall–Kier alpha value is -2.64. The zero-order chi connectivity index (χ0) is 18.8. The van der Waals surface area contributed by atoms with Gasteiger partial charge in [-0.05, 0) is 56.1 Å². The maximum absolute atomic E-state index is 5.87. The Labute approximate surface area is 164 Å². The lowest BCUT2D eigenvalue weighted by Crippen LogP contribution is -2.16. The van der Waals surface area contributed by atoms with Crippen LogP contribution in [0.1, 0.15) is 25.0 Å². The van der Waals surface area contributed by atoms with Crippen LogP contribution >= 0.6 is 0 Å². The molecule has 0 saturated carbocycles. The van der Waals surface area contributed by atoms with E-state index in [2.05, 4.69) is 37.7 Å². The molecule has 2 aromatic heterocycles. The lowest BCUT2D eigenvalue weighted by Gasteiger charge is -2.12. The first kappa shape index (κ1) is 17.5. The van der Waals surface area contributed by atoms with Crippen molar-refractivity contribution in [2.75, 3.05) is 19.8 Å². The van der Waals surface area contributed by atoms with Crippen molar-refractivity contribution in [2.45, 2.75) is 38.5 Å². The van der Waals surface area contributed by atoms with E-state index in [4.69, 9.17) is 14.6 Å². The molecule has 0 amide bonds. The summed E-state index contributed by atoms with van der Waals surface area (Å²) in [6.07, 6.45) is 7.33. The summed E-state index contributed by atoms with van der Waals surface area (Å²) in [6, 6.07) is 10.2. The normalized spacial score (nSPS) is 19.4. The summed E-state index contributed by atoms with van der Waals surface area (Å²) >= 11 is 0. The molecule has 3 aromatic rings. The van der Waals surface area contributed by atoms with Crippen molar-refractivity contribution in [3.8, 4) is 23.0 Å². The minimum Gasteiger partial charge on any atom is -0.491 e. The second-order valence-electron chi connectivity index (χ2n) is 7.34. The van der Waals surface area contributed by atoms with Gasteiger partial charge in [-0.2, -0.15) is 5.10 Å². The van der Waals surface area contributed by atoms with E-state index in [0.29, 0.717) is 6.61 Å². The number of imidazole rings is 1. The monoisotopic (exact) mass is 379 g/mol. The fourth-order valence-electron chi connectivity index (χ4n) is 3.84. The molecule has 1 aromatic carbocycles. The van der Waals surface area contributed by atoms with Gasteiger partial charge in [-0.25, -0.2) is 4.98 Å². The molecule has 4 heterocycles. The van der Waals surface area contributed by atoms with Crippen molar-refractivity contribution in [2.24, 2.45) is 0 Å². The van der Waals surface area contributed by atoms with Crippen LogP contribution in [0.3, 0.4) is 0 Å². The minimum absolute atomic E-state index is 0.227. The Kier molecular flexibility index (Phi) is 4.85. The molecule has 0 radical (unpaired) electrons. The molecular weight excluding hydrogens is 354 g/mol. The molecule has 1 atom stereocenters. The maximum Gasteiger partial charge on any atom is 0.165 e. The Bertz CT molecular complexity index is 901. The number of hydrogen-bond donors (Lipinski definition) is 1. The lowest BCUT2D eigenvalue weighted by atomic mass is 10.2. The van der Waals surface area contributed by atoms with Gasteiger partial charge in [0.15, 0.2) is 5.82 Å². The van der Waals surface area contributed by atoms with Gasteiger partial charge in [0.05, 0.1) is 11.8 Å². The molecule has 0 bridgehead atoms. The zero-order valence-electron chi connectivity index (χ0n) is 15.9. The Morgan fingerprint density at radius 3 is 3.00 bits per heavy atom. The van der Waals surface area contributed by atoms with Gasteiger partial charge >= 0.3 is 0 Å². The van der Waals surface area contributed by atoms with Crippen LogP contribution in [0.2, 0.25) is 0 Å². The highest BCUT2D eigenvalue weighted by Gasteiger charge is 2.17. The molecule has 28 heavy (non-hydrogen) atoms. The quantitative estimate of drug-likeness (QED) is 0.738. The highest BCUT2D eigenvalue weighted by Crippen LogP contribution is 2.24. The van der Waals surface area contributed by atoms with Crippen molar-refractivity contribution < 1.29 is 9.47 Å². The molecule has 5 rings (SSSR count). The van der Waals surface area contributed by atoms with Gasteiger partial charge in [0.2, 0.25) is 0 Å². The first-order chi connectivity index (χ1) is 13.9. The summed E-state index contributed by atoms with van der Waals surface area (Å²) < 4.78 is 15.6. The van der Waals surface area contributed by atoms with Crippen LogP contribution < -0.4 is 10.1 Å². The molecule has 7 nitrogen and oxygen atoms in total. The molecule has 2 aliphatic rings. The third kappa shape index (κ3) is 3.55.